The first-order valence-electron chi connectivity index (χ1n) is 6.48. The van der Waals surface area contributed by atoms with Crippen molar-refractivity contribution >= 4 is 5.82 Å². The second kappa shape index (κ2) is 7.34. The topological polar surface area (TPSA) is 37.4 Å². The number of nitrogens with zero attached hydrogens (tertiary/aromatic N) is 2. The molecule has 0 aromatic carbocycles. The Hall–Kier alpha value is -1.13. The Morgan fingerprint density at radius 3 is 2.72 bits per heavy atom. The monoisotopic (exact) mass is 251 g/mol. The molecule has 1 aromatic heterocycles. The number of methoxy groups -OCH3 is 1. The molecule has 0 atom stereocenters. The van der Waals surface area contributed by atoms with Crippen molar-refractivity contribution in [2.24, 2.45) is 0 Å². The van der Waals surface area contributed by atoms with Gasteiger partial charge in [-0.1, -0.05) is 6.92 Å². The molecule has 4 heteroatoms. The minimum absolute atomic E-state index is 0.714. The highest BCUT2D eigenvalue weighted by Gasteiger charge is 2.12. The largest absolute Gasteiger partial charge is 0.383 e. The van der Waals surface area contributed by atoms with E-state index in [1.165, 1.54) is 11.1 Å². The average Bonchev–Trinajstić information content (AvgIpc) is 2.34. The SMILES string of the molecule is CCNCc1c(C)cc(C)nc1N(C)CCOC. The summed E-state index contributed by atoms with van der Waals surface area (Å²) in [5.41, 5.74) is 3.63. The maximum Gasteiger partial charge on any atom is 0.133 e. The van der Waals surface area contributed by atoms with E-state index in [9.17, 15) is 0 Å². The van der Waals surface area contributed by atoms with Crippen LogP contribution < -0.4 is 10.2 Å². The lowest BCUT2D eigenvalue weighted by molar-refractivity contribution is 0.206. The predicted octanol–water partition coefficient (Wildman–Crippen LogP) is 1.89. The van der Waals surface area contributed by atoms with Gasteiger partial charge in [0.05, 0.1) is 6.61 Å². The van der Waals surface area contributed by atoms with Crippen LogP contribution >= 0.6 is 0 Å². The second-order valence-electron chi connectivity index (χ2n) is 4.58. The zero-order valence-electron chi connectivity index (χ0n) is 12.2. The fourth-order valence-electron chi connectivity index (χ4n) is 1.96. The number of hydrogen-bond donors (Lipinski definition) is 1. The maximum absolute atomic E-state index is 5.13. The average molecular weight is 251 g/mol. The normalized spacial score (nSPS) is 10.7. The summed E-state index contributed by atoms with van der Waals surface area (Å²) in [7, 11) is 3.79. The van der Waals surface area contributed by atoms with Crippen LogP contribution in [0.3, 0.4) is 0 Å². The minimum atomic E-state index is 0.714. The molecule has 0 unspecified atom stereocenters. The van der Waals surface area contributed by atoms with Gasteiger partial charge in [0.25, 0.3) is 0 Å². The Bertz CT molecular complexity index is 380. The molecule has 0 amide bonds. The number of nitrogens with one attached hydrogen (secondary N) is 1. The quantitative estimate of drug-likeness (QED) is 0.803. The summed E-state index contributed by atoms with van der Waals surface area (Å²) in [6, 6.07) is 2.14. The van der Waals surface area contributed by atoms with Crippen LogP contribution in [0, 0.1) is 13.8 Å². The summed E-state index contributed by atoms with van der Waals surface area (Å²) in [6.45, 7) is 9.70. The lowest BCUT2D eigenvalue weighted by atomic mass is 10.1. The highest BCUT2D eigenvalue weighted by molar-refractivity contribution is 5.51. The summed E-state index contributed by atoms with van der Waals surface area (Å²) in [6.07, 6.45) is 0. The molecule has 1 aromatic rings. The molecule has 1 heterocycles. The van der Waals surface area contributed by atoms with Crippen molar-refractivity contribution in [2.45, 2.75) is 27.3 Å². The van der Waals surface area contributed by atoms with E-state index >= 15 is 0 Å². The standard InChI is InChI=1S/C14H25N3O/c1-6-15-10-13-11(2)9-12(3)16-14(13)17(4)7-8-18-5/h9,15H,6-8,10H2,1-5H3. The van der Waals surface area contributed by atoms with Crippen molar-refractivity contribution < 1.29 is 4.74 Å². The van der Waals surface area contributed by atoms with E-state index in [0.29, 0.717) is 6.61 Å². The fourth-order valence-corrected chi connectivity index (χ4v) is 1.96. The molecule has 4 nitrogen and oxygen atoms in total. The molecule has 0 fully saturated rings. The van der Waals surface area contributed by atoms with Crippen LogP contribution in [0.1, 0.15) is 23.7 Å². The molecular weight excluding hydrogens is 226 g/mol. The molecule has 0 spiro atoms. The number of rotatable bonds is 7. The number of likely N-dealkylation sites (N-methyl/N-ethyl adjacent to an activating group) is 1. The van der Waals surface area contributed by atoms with Crippen LogP contribution in [0.15, 0.2) is 6.07 Å². The van der Waals surface area contributed by atoms with E-state index in [-0.39, 0.29) is 0 Å². The van der Waals surface area contributed by atoms with Gasteiger partial charge in [-0.15, -0.1) is 0 Å². The van der Waals surface area contributed by atoms with Gasteiger partial charge in [-0.05, 0) is 32.0 Å². The number of hydrogen-bond acceptors (Lipinski definition) is 4. The first-order valence-corrected chi connectivity index (χ1v) is 6.48. The molecule has 0 aliphatic heterocycles. The summed E-state index contributed by atoms with van der Waals surface area (Å²) in [5.74, 6) is 1.06. The van der Waals surface area contributed by atoms with Crippen molar-refractivity contribution in [3.63, 3.8) is 0 Å². The molecular formula is C14H25N3O. The Morgan fingerprint density at radius 1 is 1.39 bits per heavy atom. The highest BCUT2D eigenvalue weighted by Crippen LogP contribution is 2.21. The minimum Gasteiger partial charge on any atom is -0.383 e. The molecule has 0 bridgehead atoms. The van der Waals surface area contributed by atoms with E-state index < -0.39 is 0 Å². The van der Waals surface area contributed by atoms with Gasteiger partial charge < -0.3 is 15.0 Å². The Morgan fingerprint density at radius 2 is 2.11 bits per heavy atom. The van der Waals surface area contributed by atoms with Crippen LogP contribution in [0.5, 0.6) is 0 Å². The first-order chi connectivity index (χ1) is 8.60. The fraction of sp³-hybridized carbons (Fsp3) is 0.643. The molecule has 18 heavy (non-hydrogen) atoms. The van der Waals surface area contributed by atoms with Crippen LogP contribution in [0.2, 0.25) is 0 Å². The molecule has 1 N–H and O–H groups in total. The van der Waals surface area contributed by atoms with Crippen LogP contribution in [0.25, 0.3) is 0 Å². The van der Waals surface area contributed by atoms with Gasteiger partial charge >= 0.3 is 0 Å². The lowest BCUT2D eigenvalue weighted by Gasteiger charge is -2.23. The van der Waals surface area contributed by atoms with Gasteiger partial charge in [0.15, 0.2) is 0 Å². The van der Waals surface area contributed by atoms with Gasteiger partial charge in [0.1, 0.15) is 5.82 Å². The third kappa shape index (κ3) is 3.96. The summed E-state index contributed by atoms with van der Waals surface area (Å²) in [5, 5.41) is 3.38. The smallest absolute Gasteiger partial charge is 0.133 e. The maximum atomic E-state index is 5.13. The second-order valence-corrected chi connectivity index (χ2v) is 4.58. The highest BCUT2D eigenvalue weighted by atomic mass is 16.5. The number of anilines is 1. The van der Waals surface area contributed by atoms with Gasteiger partial charge in [-0.3, -0.25) is 0 Å². The number of aryl methyl sites for hydroxylation is 2. The van der Waals surface area contributed by atoms with Crippen molar-refractivity contribution in [1.82, 2.24) is 10.3 Å². The van der Waals surface area contributed by atoms with Crippen LogP contribution in [0.4, 0.5) is 5.82 Å². The number of pyridine rings is 1. The molecule has 0 saturated heterocycles. The van der Waals surface area contributed by atoms with Gasteiger partial charge in [-0.25, -0.2) is 4.98 Å². The van der Waals surface area contributed by atoms with E-state index in [0.717, 1.165) is 31.1 Å². The van der Waals surface area contributed by atoms with Crippen LogP contribution in [-0.4, -0.2) is 38.8 Å². The molecule has 102 valence electrons. The molecule has 0 aliphatic carbocycles. The predicted molar refractivity (Wildman–Crippen MR) is 76.2 cm³/mol. The number of aromatic nitrogens is 1. The third-order valence-electron chi connectivity index (χ3n) is 3.00. The number of ether oxygens (including phenoxy) is 1. The Labute approximate surface area is 110 Å². The zero-order valence-corrected chi connectivity index (χ0v) is 12.2. The Balaban J connectivity index is 2.98. The van der Waals surface area contributed by atoms with Crippen LogP contribution in [-0.2, 0) is 11.3 Å². The van der Waals surface area contributed by atoms with E-state index in [4.69, 9.17) is 4.74 Å². The van der Waals surface area contributed by atoms with Crippen molar-refractivity contribution in [3.8, 4) is 0 Å². The van der Waals surface area contributed by atoms with Crippen molar-refractivity contribution in [3.05, 3.63) is 22.9 Å². The summed E-state index contributed by atoms with van der Waals surface area (Å²) < 4.78 is 5.13. The van der Waals surface area contributed by atoms with Gasteiger partial charge in [0.2, 0.25) is 0 Å². The molecule has 0 radical (unpaired) electrons. The third-order valence-corrected chi connectivity index (χ3v) is 3.00. The zero-order chi connectivity index (χ0) is 13.5. The van der Waals surface area contributed by atoms with Crippen molar-refractivity contribution in [2.75, 3.05) is 38.8 Å². The summed E-state index contributed by atoms with van der Waals surface area (Å²) in [4.78, 5) is 6.83. The molecule has 0 saturated carbocycles. The molecule has 1 rings (SSSR count). The van der Waals surface area contributed by atoms with Gasteiger partial charge in [0, 0.05) is 38.5 Å². The Kier molecular flexibility index (Phi) is 6.09. The molecule has 0 aliphatic rings. The van der Waals surface area contributed by atoms with E-state index in [1.807, 2.05) is 6.92 Å². The van der Waals surface area contributed by atoms with E-state index in [2.05, 4.69) is 42.2 Å². The first kappa shape index (κ1) is 14.9. The van der Waals surface area contributed by atoms with Crippen molar-refractivity contribution in [1.29, 1.82) is 0 Å². The van der Waals surface area contributed by atoms with Gasteiger partial charge in [-0.2, -0.15) is 0 Å². The van der Waals surface area contributed by atoms with E-state index in [1.54, 1.807) is 7.11 Å². The summed E-state index contributed by atoms with van der Waals surface area (Å²) >= 11 is 0. The lowest BCUT2D eigenvalue weighted by Crippen LogP contribution is -2.26.